The Balaban J connectivity index is 1.98. The first-order chi connectivity index (χ1) is 9.08. The van der Waals surface area contributed by atoms with Gasteiger partial charge < -0.3 is 4.74 Å². The van der Waals surface area contributed by atoms with Crippen LogP contribution in [0.5, 0.6) is 0 Å². The second kappa shape index (κ2) is 4.53. The number of rotatable bonds is 2. The van der Waals surface area contributed by atoms with Crippen LogP contribution in [0.4, 0.5) is 5.69 Å². The number of hydrazone groups is 1. The van der Waals surface area contributed by atoms with Crippen LogP contribution in [-0.2, 0) is 9.53 Å². The van der Waals surface area contributed by atoms with Gasteiger partial charge in [-0.3, -0.25) is 9.80 Å². The first-order valence-electron chi connectivity index (χ1n) is 6.37. The SMILES string of the molecule is CC(C)C1=NN(c2ccc(Cl)cc2)C2COC(=O)C12. The van der Waals surface area contributed by atoms with E-state index < -0.39 is 0 Å². The smallest absolute Gasteiger partial charge is 0.317 e. The zero-order chi connectivity index (χ0) is 13.6. The number of nitrogens with zero attached hydrogens (tertiary/aromatic N) is 2. The first kappa shape index (κ1) is 12.5. The van der Waals surface area contributed by atoms with Crippen LogP contribution >= 0.6 is 11.6 Å². The van der Waals surface area contributed by atoms with Crippen molar-refractivity contribution in [1.29, 1.82) is 0 Å². The van der Waals surface area contributed by atoms with Gasteiger partial charge in [-0.1, -0.05) is 25.4 Å². The van der Waals surface area contributed by atoms with Gasteiger partial charge in [0, 0.05) is 5.02 Å². The Labute approximate surface area is 117 Å². The highest BCUT2D eigenvalue weighted by molar-refractivity contribution is 6.30. The summed E-state index contributed by atoms with van der Waals surface area (Å²) in [6, 6.07) is 7.45. The van der Waals surface area contributed by atoms with Crippen molar-refractivity contribution in [2.75, 3.05) is 11.6 Å². The molecule has 1 fully saturated rings. The largest absolute Gasteiger partial charge is 0.463 e. The molecule has 5 heteroatoms. The van der Waals surface area contributed by atoms with Gasteiger partial charge in [0.1, 0.15) is 18.6 Å². The van der Waals surface area contributed by atoms with E-state index in [0.29, 0.717) is 11.6 Å². The summed E-state index contributed by atoms with van der Waals surface area (Å²) in [4.78, 5) is 11.9. The number of carbonyl (C=O) groups is 1. The molecular weight excluding hydrogens is 264 g/mol. The molecule has 0 amide bonds. The van der Waals surface area contributed by atoms with Gasteiger partial charge >= 0.3 is 5.97 Å². The van der Waals surface area contributed by atoms with Gasteiger partial charge in [-0.2, -0.15) is 5.10 Å². The maximum atomic E-state index is 11.9. The summed E-state index contributed by atoms with van der Waals surface area (Å²) in [5.41, 5.74) is 1.84. The minimum atomic E-state index is -0.226. The molecule has 0 bridgehead atoms. The number of esters is 1. The third-order valence-electron chi connectivity index (χ3n) is 3.57. The van der Waals surface area contributed by atoms with Crippen LogP contribution in [0.1, 0.15) is 13.8 Å². The molecular formula is C14H15ClN2O2. The van der Waals surface area contributed by atoms with E-state index in [1.54, 1.807) is 0 Å². The standard InChI is InChI=1S/C14H15ClN2O2/c1-8(2)13-12-11(7-19-14(12)18)17(16-13)10-5-3-9(15)4-6-10/h3-6,8,11-12H,7H2,1-2H3. The highest BCUT2D eigenvalue weighted by Gasteiger charge is 2.49. The van der Waals surface area contributed by atoms with Crippen LogP contribution in [0.25, 0.3) is 0 Å². The van der Waals surface area contributed by atoms with Crippen LogP contribution in [0.15, 0.2) is 29.4 Å². The van der Waals surface area contributed by atoms with E-state index in [9.17, 15) is 4.79 Å². The molecule has 0 N–H and O–H groups in total. The third kappa shape index (κ3) is 2.00. The zero-order valence-electron chi connectivity index (χ0n) is 10.8. The molecule has 0 aromatic heterocycles. The lowest BCUT2D eigenvalue weighted by atomic mass is 9.91. The Morgan fingerprint density at radius 1 is 1.37 bits per heavy atom. The zero-order valence-corrected chi connectivity index (χ0v) is 11.6. The minimum Gasteiger partial charge on any atom is -0.463 e. The molecule has 2 aliphatic heterocycles. The highest BCUT2D eigenvalue weighted by atomic mass is 35.5. The van der Waals surface area contributed by atoms with E-state index in [4.69, 9.17) is 16.3 Å². The summed E-state index contributed by atoms with van der Waals surface area (Å²) in [6.45, 7) is 4.49. The predicted molar refractivity (Wildman–Crippen MR) is 74.4 cm³/mol. The molecule has 2 atom stereocenters. The fourth-order valence-electron chi connectivity index (χ4n) is 2.62. The van der Waals surface area contributed by atoms with Crippen molar-refractivity contribution in [2.24, 2.45) is 16.9 Å². The molecule has 2 heterocycles. The Kier molecular flexibility index (Phi) is 2.97. The van der Waals surface area contributed by atoms with E-state index in [1.165, 1.54) is 0 Å². The Bertz CT molecular complexity index is 539. The molecule has 3 rings (SSSR count). The van der Waals surface area contributed by atoms with Gasteiger partial charge in [-0.05, 0) is 30.2 Å². The minimum absolute atomic E-state index is 0.0222. The molecule has 0 radical (unpaired) electrons. The monoisotopic (exact) mass is 278 g/mol. The first-order valence-corrected chi connectivity index (χ1v) is 6.75. The van der Waals surface area contributed by atoms with Crippen molar-refractivity contribution in [3.8, 4) is 0 Å². The van der Waals surface area contributed by atoms with Crippen LogP contribution in [0.2, 0.25) is 5.02 Å². The molecule has 4 nitrogen and oxygen atoms in total. The average molecular weight is 279 g/mol. The number of hydrogen-bond acceptors (Lipinski definition) is 4. The van der Waals surface area contributed by atoms with Crippen LogP contribution in [0.3, 0.4) is 0 Å². The molecule has 100 valence electrons. The molecule has 2 aliphatic rings. The molecule has 1 aromatic rings. The van der Waals surface area contributed by atoms with Crippen LogP contribution in [0, 0.1) is 11.8 Å². The Morgan fingerprint density at radius 2 is 2.05 bits per heavy atom. The van der Waals surface area contributed by atoms with Crippen molar-refractivity contribution in [2.45, 2.75) is 19.9 Å². The van der Waals surface area contributed by atoms with Gasteiger partial charge in [0.25, 0.3) is 0 Å². The van der Waals surface area contributed by atoms with Gasteiger partial charge in [0.05, 0.1) is 11.4 Å². The number of fused-ring (bicyclic) bond motifs is 1. The number of anilines is 1. The summed E-state index contributed by atoms with van der Waals surface area (Å²) < 4.78 is 5.19. The lowest BCUT2D eigenvalue weighted by molar-refractivity contribution is -0.139. The van der Waals surface area contributed by atoms with Gasteiger partial charge in [-0.25, -0.2) is 0 Å². The van der Waals surface area contributed by atoms with E-state index in [2.05, 4.69) is 5.10 Å². The van der Waals surface area contributed by atoms with E-state index in [0.717, 1.165) is 11.4 Å². The van der Waals surface area contributed by atoms with Crippen molar-refractivity contribution < 1.29 is 9.53 Å². The molecule has 1 aromatic carbocycles. The van der Waals surface area contributed by atoms with Gasteiger partial charge in [0.15, 0.2) is 0 Å². The number of hydrogen-bond donors (Lipinski definition) is 0. The number of ether oxygens (including phenoxy) is 1. The summed E-state index contributed by atoms with van der Waals surface area (Å²) in [6.07, 6.45) is 0. The number of benzene rings is 1. The topological polar surface area (TPSA) is 41.9 Å². The fraction of sp³-hybridized carbons (Fsp3) is 0.429. The van der Waals surface area contributed by atoms with Crippen molar-refractivity contribution in [3.05, 3.63) is 29.3 Å². The number of halogens is 1. The van der Waals surface area contributed by atoms with Gasteiger partial charge in [-0.15, -0.1) is 0 Å². The quantitative estimate of drug-likeness (QED) is 0.781. The normalized spacial score (nSPS) is 25.6. The molecule has 2 unspecified atom stereocenters. The van der Waals surface area contributed by atoms with E-state index in [-0.39, 0.29) is 23.8 Å². The molecule has 19 heavy (non-hydrogen) atoms. The highest BCUT2D eigenvalue weighted by Crippen LogP contribution is 2.35. The van der Waals surface area contributed by atoms with Crippen molar-refractivity contribution in [1.82, 2.24) is 0 Å². The molecule has 0 saturated carbocycles. The maximum Gasteiger partial charge on any atom is 0.317 e. The molecule has 1 saturated heterocycles. The summed E-state index contributed by atoms with van der Waals surface area (Å²) in [5.74, 6) is -0.153. The average Bonchev–Trinajstić information content (AvgIpc) is 2.92. The van der Waals surface area contributed by atoms with Crippen LogP contribution < -0.4 is 5.01 Å². The second-order valence-corrected chi connectivity index (χ2v) is 5.61. The number of cyclic esters (lactones) is 1. The van der Waals surface area contributed by atoms with E-state index >= 15 is 0 Å². The van der Waals surface area contributed by atoms with Crippen LogP contribution in [-0.4, -0.2) is 24.3 Å². The lowest BCUT2D eigenvalue weighted by Gasteiger charge is -2.20. The fourth-order valence-corrected chi connectivity index (χ4v) is 2.74. The molecule has 0 spiro atoms. The lowest BCUT2D eigenvalue weighted by Crippen LogP contribution is -2.34. The van der Waals surface area contributed by atoms with E-state index in [1.807, 2.05) is 43.1 Å². The number of carbonyl (C=O) groups excluding carboxylic acids is 1. The summed E-state index contributed by atoms with van der Waals surface area (Å²) in [7, 11) is 0. The Hall–Kier alpha value is -1.55. The third-order valence-corrected chi connectivity index (χ3v) is 3.83. The summed E-state index contributed by atoms with van der Waals surface area (Å²) in [5, 5.41) is 7.20. The second-order valence-electron chi connectivity index (χ2n) is 5.18. The Morgan fingerprint density at radius 3 is 2.68 bits per heavy atom. The van der Waals surface area contributed by atoms with Gasteiger partial charge in [0.2, 0.25) is 0 Å². The van der Waals surface area contributed by atoms with Crippen molar-refractivity contribution in [3.63, 3.8) is 0 Å². The molecule has 0 aliphatic carbocycles. The summed E-state index contributed by atoms with van der Waals surface area (Å²) >= 11 is 5.90. The maximum absolute atomic E-state index is 11.9. The van der Waals surface area contributed by atoms with Crippen molar-refractivity contribution >= 4 is 29.0 Å². The predicted octanol–water partition coefficient (Wildman–Crippen LogP) is 2.71.